The van der Waals surface area contributed by atoms with Crippen LogP contribution < -0.4 is 16.4 Å². The second kappa shape index (κ2) is 6.74. The number of nitrogens with two attached hydrogens (primary N) is 1. The Bertz CT molecular complexity index is 555. The maximum atomic E-state index is 11.9. The van der Waals surface area contributed by atoms with Crippen LogP contribution >= 0.6 is 0 Å². The summed E-state index contributed by atoms with van der Waals surface area (Å²) in [5, 5.41) is 13.9. The average molecular weight is 293 g/mol. The number of hydrogen-bond donors (Lipinski definition) is 4. The maximum Gasteiger partial charge on any atom is 0.316 e. The number of aliphatic carboxylic acids is 1. The Balaban J connectivity index is 2.66. The van der Waals surface area contributed by atoms with Gasteiger partial charge in [-0.1, -0.05) is 19.9 Å². The molecule has 3 amide bonds. The van der Waals surface area contributed by atoms with Crippen molar-refractivity contribution < 1.29 is 19.5 Å². The van der Waals surface area contributed by atoms with Crippen LogP contribution in [0, 0.1) is 5.41 Å². The molecule has 5 N–H and O–H groups in total. The number of urea groups is 1. The monoisotopic (exact) mass is 293 g/mol. The first-order valence-electron chi connectivity index (χ1n) is 6.36. The summed E-state index contributed by atoms with van der Waals surface area (Å²) in [5.74, 6) is -1.24. The number of rotatable bonds is 6. The van der Waals surface area contributed by atoms with E-state index in [1.54, 1.807) is 38.1 Å². The lowest BCUT2D eigenvalue weighted by atomic mass is 9.85. The number of nitrogens with one attached hydrogen (secondary N) is 2. The summed E-state index contributed by atoms with van der Waals surface area (Å²) >= 11 is 0. The van der Waals surface area contributed by atoms with Crippen LogP contribution in [0.1, 0.15) is 26.7 Å². The zero-order valence-electron chi connectivity index (χ0n) is 12.0. The van der Waals surface area contributed by atoms with E-state index in [2.05, 4.69) is 10.6 Å². The molecule has 1 aromatic rings. The first kappa shape index (κ1) is 16.5. The van der Waals surface area contributed by atoms with Crippen LogP contribution in [-0.2, 0) is 9.59 Å². The molecule has 0 radical (unpaired) electrons. The number of carboxylic acids is 1. The summed E-state index contributed by atoms with van der Waals surface area (Å²) in [6.45, 7) is 3.43. The quantitative estimate of drug-likeness (QED) is 0.640. The molecule has 0 saturated carbocycles. The highest BCUT2D eigenvalue weighted by Crippen LogP contribution is 2.26. The van der Waals surface area contributed by atoms with Crippen molar-refractivity contribution in [1.29, 1.82) is 0 Å². The SMILES string of the molecule is CC(C)(CC(=O)O)CC(=O)Nc1cccc(NC(N)=O)c1. The molecule has 0 saturated heterocycles. The topological polar surface area (TPSA) is 122 Å². The average Bonchev–Trinajstić information content (AvgIpc) is 2.24. The van der Waals surface area contributed by atoms with E-state index < -0.39 is 17.4 Å². The lowest BCUT2D eigenvalue weighted by Gasteiger charge is -2.21. The Labute approximate surface area is 122 Å². The number of hydrogen-bond acceptors (Lipinski definition) is 3. The van der Waals surface area contributed by atoms with Crippen molar-refractivity contribution in [3.05, 3.63) is 24.3 Å². The Kier molecular flexibility index (Phi) is 5.29. The molecule has 0 fully saturated rings. The van der Waals surface area contributed by atoms with Gasteiger partial charge in [-0.25, -0.2) is 4.79 Å². The van der Waals surface area contributed by atoms with Gasteiger partial charge in [0.25, 0.3) is 0 Å². The zero-order chi connectivity index (χ0) is 16.0. The van der Waals surface area contributed by atoms with Crippen molar-refractivity contribution >= 4 is 29.3 Å². The Hall–Kier alpha value is -2.57. The van der Waals surface area contributed by atoms with Crippen LogP contribution in [0.3, 0.4) is 0 Å². The lowest BCUT2D eigenvalue weighted by molar-refractivity contribution is -0.139. The third kappa shape index (κ3) is 6.42. The Morgan fingerprint density at radius 3 is 2.24 bits per heavy atom. The molecule has 114 valence electrons. The van der Waals surface area contributed by atoms with Gasteiger partial charge in [0.2, 0.25) is 5.91 Å². The summed E-state index contributed by atoms with van der Waals surface area (Å²) in [4.78, 5) is 33.4. The van der Waals surface area contributed by atoms with Gasteiger partial charge in [0.05, 0.1) is 6.42 Å². The van der Waals surface area contributed by atoms with E-state index in [9.17, 15) is 14.4 Å². The number of benzene rings is 1. The fourth-order valence-corrected chi connectivity index (χ4v) is 1.93. The van der Waals surface area contributed by atoms with Gasteiger partial charge in [0.1, 0.15) is 0 Å². The highest BCUT2D eigenvalue weighted by Gasteiger charge is 2.25. The normalized spacial score (nSPS) is 10.8. The molecule has 0 aliphatic carbocycles. The Morgan fingerprint density at radius 2 is 1.71 bits per heavy atom. The smallest absolute Gasteiger partial charge is 0.316 e. The van der Waals surface area contributed by atoms with E-state index >= 15 is 0 Å². The van der Waals surface area contributed by atoms with Gasteiger partial charge in [-0.3, -0.25) is 9.59 Å². The molecule has 0 unspecified atom stereocenters. The Morgan fingerprint density at radius 1 is 1.14 bits per heavy atom. The van der Waals surface area contributed by atoms with E-state index in [4.69, 9.17) is 10.8 Å². The van der Waals surface area contributed by atoms with Gasteiger partial charge >= 0.3 is 12.0 Å². The van der Waals surface area contributed by atoms with Gasteiger partial charge in [-0.15, -0.1) is 0 Å². The number of anilines is 2. The minimum Gasteiger partial charge on any atom is -0.481 e. The van der Waals surface area contributed by atoms with Crippen LogP contribution in [0.2, 0.25) is 0 Å². The molecular weight excluding hydrogens is 274 g/mol. The standard InChI is InChI=1S/C14H19N3O4/c1-14(2,8-12(19)20)7-11(18)16-9-4-3-5-10(6-9)17-13(15)21/h3-6H,7-8H2,1-2H3,(H,16,18)(H,19,20)(H3,15,17,21). The molecule has 0 aromatic heterocycles. The highest BCUT2D eigenvalue weighted by atomic mass is 16.4. The molecule has 0 heterocycles. The second-order valence-electron chi connectivity index (χ2n) is 5.53. The van der Waals surface area contributed by atoms with Crippen molar-refractivity contribution in [1.82, 2.24) is 0 Å². The predicted molar refractivity (Wildman–Crippen MR) is 78.9 cm³/mol. The van der Waals surface area contributed by atoms with Crippen molar-refractivity contribution in [3.63, 3.8) is 0 Å². The number of amides is 3. The van der Waals surface area contributed by atoms with E-state index in [0.29, 0.717) is 11.4 Å². The maximum absolute atomic E-state index is 11.9. The van der Waals surface area contributed by atoms with Crippen LogP contribution in [0.15, 0.2) is 24.3 Å². The molecule has 0 spiro atoms. The number of carboxylic acid groups (broad SMARTS) is 1. The molecule has 0 bridgehead atoms. The summed E-state index contributed by atoms with van der Waals surface area (Å²) < 4.78 is 0. The molecule has 0 atom stereocenters. The summed E-state index contributed by atoms with van der Waals surface area (Å²) in [7, 11) is 0. The van der Waals surface area contributed by atoms with E-state index in [1.807, 2.05) is 0 Å². The van der Waals surface area contributed by atoms with E-state index in [-0.39, 0.29) is 18.7 Å². The van der Waals surface area contributed by atoms with Crippen molar-refractivity contribution in [2.24, 2.45) is 11.1 Å². The molecular formula is C14H19N3O4. The lowest BCUT2D eigenvalue weighted by Crippen LogP contribution is -2.25. The molecule has 7 nitrogen and oxygen atoms in total. The van der Waals surface area contributed by atoms with E-state index in [0.717, 1.165) is 0 Å². The molecule has 0 aliphatic heterocycles. The summed E-state index contributed by atoms with van der Waals surface area (Å²) in [5.41, 5.74) is 5.33. The third-order valence-corrected chi connectivity index (χ3v) is 2.68. The van der Waals surface area contributed by atoms with Gasteiger partial charge in [0, 0.05) is 17.8 Å². The van der Waals surface area contributed by atoms with Crippen LogP contribution in [0.25, 0.3) is 0 Å². The molecule has 1 rings (SSSR count). The first-order chi connectivity index (χ1) is 9.68. The molecule has 21 heavy (non-hydrogen) atoms. The second-order valence-corrected chi connectivity index (χ2v) is 5.53. The third-order valence-electron chi connectivity index (χ3n) is 2.68. The number of carbonyl (C=O) groups is 3. The predicted octanol–water partition coefficient (Wildman–Crippen LogP) is 2.01. The number of primary amides is 1. The molecule has 7 heteroatoms. The van der Waals surface area contributed by atoms with Gasteiger partial charge in [0.15, 0.2) is 0 Å². The minimum atomic E-state index is -0.944. The van der Waals surface area contributed by atoms with Crippen LogP contribution in [0.4, 0.5) is 16.2 Å². The summed E-state index contributed by atoms with van der Waals surface area (Å²) in [6.07, 6.45) is -0.0174. The van der Waals surface area contributed by atoms with E-state index in [1.165, 1.54) is 0 Å². The van der Waals surface area contributed by atoms with Crippen molar-refractivity contribution in [2.75, 3.05) is 10.6 Å². The summed E-state index contributed by atoms with van der Waals surface area (Å²) in [6, 6.07) is 5.82. The van der Waals surface area contributed by atoms with Gasteiger partial charge in [-0.05, 0) is 23.6 Å². The van der Waals surface area contributed by atoms with Gasteiger partial charge in [-0.2, -0.15) is 0 Å². The van der Waals surface area contributed by atoms with Crippen LogP contribution in [0.5, 0.6) is 0 Å². The zero-order valence-corrected chi connectivity index (χ0v) is 12.0. The minimum absolute atomic E-state index is 0.0762. The molecule has 0 aliphatic rings. The number of carbonyl (C=O) groups excluding carboxylic acids is 2. The fourth-order valence-electron chi connectivity index (χ4n) is 1.93. The highest BCUT2D eigenvalue weighted by molar-refractivity contribution is 5.93. The van der Waals surface area contributed by atoms with Gasteiger partial charge < -0.3 is 21.5 Å². The fraction of sp³-hybridized carbons (Fsp3) is 0.357. The first-order valence-corrected chi connectivity index (χ1v) is 6.36. The van der Waals surface area contributed by atoms with Crippen LogP contribution in [-0.4, -0.2) is 23.0 Å². The van der Waals surface area contributed by atoms with Crippen molar-refractivity contribution in [3.8, 4) is 0 Å². The van der Waals surface area contributed by atoms with Crippen molar-refractivity contribution in [2.45, 2.75) is 26.7 Å². The largest absolute Gasteiger partial charge is 0.481 e. The molecule has 1 aromatic carbocycles.